The molecule has 3 fully saturated rings. The minimum Gasteiger partial charge on any atom is -0.339 e. The van der Waals surface area contributed by atoms with Crippen molar-refractivity contribution >= 4 is 52.6 Å². The number of carbonyl (C=O) groups excluding carboxylic acids is 4. The van der Waals surface area contributed by atoms with Crippen molar-refractivity contribution in [3.8, 4) is 0 Å². The molecular formula is C29H37F2N4O7PS. The van der Waals surface area contributed by atoms with Crippen molar-refractivity contribution in [2.45, 2.75) is 70.7 Å². The van der Waals surface area contributed by atoms with Crippen LogP contribution in [0.5, 0.6) is 0 Å². The number of benzene rings is 1. The van der Waals surface area contributed by atoms with Gasteiger partial charge in [-0.3, -0.25) is 23.7 Å². The second kappa shape index (κ2) is 11.5. The quantitative estimate of drug-likeness (QED) is 0.405. The van der Waals surface area contributed by atoms with Gasteiger partial charge >= 0.3 is 13.3 Å². The van der Waals surface area contributed by atoms with Crippen molar-refractivity contribution in [1.82, 2.24) is 20.0 Å². The maximum atomic E-state index is 14.3. The van der Waals surface area contributed by atoms with E-state index in [0.717, 1.165) is 29.9 Å². The lowest BCUT2D eigenvalue weighted by molar-refractivity contribution is -0.146. The van der Waals surface area contributed by atoms with Crippen LogP contribution in [-0.4, -0.2) is 92.4 Å². The summed E-state index contributed by atoms with van der Waals surface area (Å²) >= 11 is 0.997. The Balaban J connectivity index is 1.32. The first-order valence-corrected chi connectivity index (χ1v) is 17.0. The standard InChI is InChI=1S/C29H37F2N4O7PS/c1-16(36)34-11-9-17-14-33(15-21(17)34)26(38)20-6-5-10-35(20)27(39)24(28(2,3)4)32-25(37)23-13-18-12-19(7-8-22(18)44-23)29(30,31)43(40,41)42/h7-8,12-13,17,20-21,24H,5-6,9-11,14-15H2,1-4H3,(H,32,37)(H2,40,41,42)/t17-,20+,21+,24-/m1/s1. The Bertz CT molecular complexity index is 1550. The number of likely N-dealkylation sites (tertiary alicyclic amines) is 3. The lowest BCUT2D eigenvalue weighted by Crippen LogP contribution is -2.58. The van der Waals surface area contributed by atoms with E-state index in [2.05, 4.69) is 5.32 Å². The molecule has 0 saturated carbocycles. The van der Waals surface area contributed by atoms with Crippen LogP contribution in [0.2, 0.25) is 0 Å². The van der Waals surface area contributed by atoms with Gasteiger partial charge in [-0.1, -0.05) is 26.8 Å². The van der Waals surface area contributed by atoms with Gasteiger partial charge in [0.25, 0.3) is 5.91 Å². The number of nitrogens with zero attached hydrogens (tertiary/aromatic N) is 3. The molecule has 0 spiro atoms. The normalized spacial score (nSPS) is 23.3. The zero-order valence-electron chi connectivity index (χ0n) is 25.0. The van der Waals surface area contributed by atoms with Crippen molar-refractivity contribution in [1.29, 1.82) is 0 Å². The first kappa shape index (κ1) is 32.5. The Kier molecular flexibility index (Phi) is 8.45. The molecule has 44 heavy (non-hydrogen) atoms. The number of hydrogen-bond acceptors (Lipinski definition) is 6. The molecular weight excluding hydrogens is 617 g/mol. The number of thiophene rings is 1. The van der Waals surface area contributed by atoms with Crippen molar-refractivity contribution < 1.29 is 42.3 Å². The number of carbonyl (C=O) groups is 4. The summed E-state index contributed by atoms with van der Waals surface area (Å²) in [5.74, 6) is -0.945. The third-order valence-electron chi connectivity index (χ3n) is 8.93. The molecule has 4 amide bonds. The van der Waals surface area contributed by atoms with Gasteiger partial charge in [0.15, 0.2) is 0 Å². The second-order valence-electron chi connectivity index (χ2n) is 13.0. The molecule has 11 nitrogen and oxygen atoms in total. The lowest BCUT2D eigenvalue weighted by atomic mass is 9.85. The zero-order chi connectivity index (χ0) is 32.4. The van der Waals surface area contributed by atoms with Crippen LogP contribution in [0.15, 0.2) is 24.3 Å². The highest BCUT2D eigenvalue weighted by molar-refractivity contribution is 7.52. The number of alkyl halides is 2. The summed E-state index contributed by atoms with van der Waals surface area (Å²) in [5.41, 5.74) is -6.00. The summed E-state index contributed by atoms with van der Waals surface area (Å²) in [6.07, 6.45) is 1.96. The van der Waals surface area contributed by atoms with Crippen LogP contribution in [0.1, 0.15) is 62.2 Å². The van der Waals surface area contributed by atoms with E-state index in [1.54, 1.807) is 25.7 Å². The van der Waals surface area contributed by atoms with Crippen molar-refractivity contribution in [3.63, 3.8) is 0 Å². The highest BCUT2D eigenvalue weighted by Gasteiger charge is 2.51. The fourth-order valence-electron chi connectivity index (χ4n) is 6.56. The minimum atomic E-state index is -5.77. The maximum Gasteiger partial charge on any atom is 0.399 e. The van der Waals surface area contributed by atoms with Crippen molar-refractivity contribution in [3.05, 3.63) is 34.7 Å². The molecule has 5 rings (SSSR count). The maximum absolute atomic E-state index is 14.3. The van der Waals surface area contributed by atoms with Crippen molar-refractivity contribution in [2.75, 3.05) is 26.2 Å². The zero-order valence-corrected chi connectivity index (χ0v) is 26.7. The number of amides is 4. The SMILES string of the molecule is CC(=O)N1CC[C@@H]2CN(C(=O)[C@@H]3CCCN3C(=O)[C@@H](NC(=O)c3cc4cc(C(F)(F)P(=O)(O)O)ccc4s3)C(C)(C)C)C[C@@H]21. The smallest absolute Gasteiger partial charge is 0.339 e. The summed E-state index contributed by atoms with van der Waals surface area (Å²) in [7, 11) is -5.77. The third-order valence-corrected chi connectivity index (χ3v) is 11.0. The number of nitrogens with one attached hydrogen (secondary N) is 1. The summed E-state index contributed by atoms with van der Waals surface area (Å²) in [4.78, 5) is 76.5. The number of halogens is 2. The molecule has 1 aromatic carbocycles. The van der Waals surface area contributed by atoms with Gasteiger partial charge in [-0.05, 0) is 48.3 Å². The van der Waals surface area contributed by atoms with Crippen LogP contribution in [0.3, 0.4) is 0 Å². The predicted molar refractivity (Wildman–Crippen MR) is 159 cm³/mol. The Morgan fingerprint density at radius 3 is 2.39 bits per heavy atom. The lowest BCUT2D eigenvalue weighted by Gasteiger charge is -2.36. The molecule has 240 valence electrons. The van der Waals surface area contributed by atoms with Crippen LogP contribution in [0, 0.1) is 11.3 Å². The topological polar surface area (TPSA) is 148 Å². The molecule has 3 aliphatic heterocycles. The Morgan fingerprint density at radius 2 is 1.75 bits per heavy atom. The molecule has 3 saturated heterocycles. The summed E-state index contributed by atoms with van der Waals surface area (Å²) in [5, 5.41) is 3.00. The Labute approximate surface area is 257 Å². The summed E-state index contributed by atoms with van der Waals surface area (Å²) < 4.78 is 40.3. The number of rotatable bonds is 6. The van der Waals surface area contributed by atoms with Crippen LogP contribution in [-0.2, 0) is 24.6 Å². The van der Waals surface area contributed by atoms with Gasteiger partial charge in [-0.15, -0.1) is 11.3 Å². The molecule has 15 heteroatoms. The van der Waals surface area contributed by atoms with E-state index in [0.29, 0.717) is 43.7 Å². The number of fused-ring (bicyclic) bond motifs is 2. The average Bonchev–Trinajstić information content (AvgIpc) is 3.71. The van der Waals surface area contributed by atoms with Gasteiger partial charge in [-0.25, -0.2) is 0 Å². The molecule has 2 aromatic rings. The molecule has 1 aromatic heterocycles. The highest BCUT2D eigenvalue weighted by Crippen LogP contribution is 2.59. The number of hydrogen-bond donors (Lipinski definition) is 3. The molecule has 0 radical (unpaired) electrons. The average molecular weight is 655 g/mol. The molecule has 4 heterocycles. The van der Waals surface area contributed by atoms with E-state index < -0.39 is 48.1 Å². The van der Waals surface area contributed by atoms with E-state index >= 15 is 0 Å². The van der Waals surface area contributed by atoms with Gasteiger partial charge in [0.1, 0.15) is 12.1 Å². The monoisotopic (exact) mass is 654 g/mol. The fourth-order valence-corrected chi connectivity index (χ4v) is 7.98. The predicted octanol–water partition coefficient (Wildman–Crippen LogP) is 3.34. The van der Waals surface area contributed by atoms with Crippen molar-refractivity contribution in [2.24, 2.45) is 11.3 Å². The minimum absolute atomic E-state index is 0.00798. The van der Waals surface area contributed by atoms with Gasteiger partial charge in [0.2, 0.25) is 17.7 Å². The van der Waals surface area contributed by atoms with E-state index in [1.807, 2.05) is 4.90 Å². The molecule has 4 atom stereocenters. The van der Waals surface area contributed by atoms with E-state index in [1.165, 1.54) is 24.0 Å². The Hall–Kier alpha value is -2.93. The fraction of sp³-hybridized carbons (Fsp3) is 0.586. The molecule has 0 unspecified atom stereocenters. The van der Waals surface area contributed by atoms with Crippen LogP contribution in [0.25, 0.3) is 10.1 Å². The van der Waals surface area contributed by atoms with E-state index in [9.17, 15) is 32.5 Å². The Morgan fingerprint density at radius 1 is 1.05 bits per heavy atom. The van der Waals surface area contributed by atoms with Gasteiger partial charge in [-0.2, -0.15) is 8.78 Å². The largest absolute Gasteiger partial charge is 0.399 e. The van der Waals surface area contributed by atoms with Gasteiger partial charge in [0, 0.05) is 49.3 Å². The summed E-state index contributed by atoms with van der Waals surface area (Å²) in [6.45, 7) is 8.94. The second-order valence-corrected chi connectivity index (χ2v) is 15.7. The highest BCUT2D eigenvalue weighted by atomic mass is 32.1. The van der Waals surface area contributed by atoms with Crippen LogP contribution >= 0.6 is 18.9 Å². The van der Waals surface area contributed by atoms with E-state index in [4.69, 9.17) is 9.79 Å². The molecule has 3 N–H and O–H groups in total. The first-order chi connectivity index (χ1) is 20.4. The molecule has 0 bridgehead atoms. The molecule has 0 aliphatic carbocycles. The van der Waals surface area contributed by atoms with E-state index in [-0.39, 0.29) is 34.0 Å². The first-order valence-electron chi connectivity index (χ1n) is 14.5. The van der Waals surface area contributed by atoms with Crippen LogP contribution < -0.4 is 5.32 Å². The van der Waals surface area contributed by atoms with Gasteiger partial charge in [0.05, 0.1) is 10.9 Å². The third kappa shape index (κ3) is 5.89. The van der Waals surface area contributed by atoms with Gasteiger partial charge < -0.3 is 29.8 Å². The summed E-state index contributed by atoms with van der Waals surface area (Å²) in [6, 6.07) is 2.78. The van der Waals surface area contributed by atoms with Crippen LogP contribution in [0.4, 0.5) is 8.78 Å². The molecule has 3 aliphatic rings.